The first-order valence-electron chi connectivity index (χ1n) is 5.74. The number of fused-ring (bicyclic) bond motifs is 1. The Bertz CT molecular complexity index is 495. The van der Waals surface area contributed by atoms with Crippen molar-refractivity contribution >= 4 is 21.6 Å². The van der Waals surface area contributed by atoms with E-state index in [4.69, 9.17) is 4.74 Å². The van der Waals surface area contributed by atoms with Crippen LogP contribution in [0.3, 0.4) is 0 Å². The monoisotopic (exact) mass is 251 g/mol. The molecule has 2 rings (SSSR count). The molecule has 0 bridgehead atoms. The lowest BCUT2D eigenvalue weighted by molar-refractivity contribution is 0.301. The van der Waals surface area contributed by atoms with Crippen LogP contribution in [0.4, 0.5) is 0 Å². The lowest BCUT2D eigenvalue weighted by Crippen LogP contribution is -2.27. The molecule has 0 amide bonds. The molecule has 0 aromatic carbocycles. The van der Waals surface area contributed by atoms with Gasteiger partial charge in [0, 0.05) is 17.5 Å². The average Bonchev–Trinajstić information content (AvgIpc) is 2.65. The molecule has 0 aliphatic rings. The molecule has 2 aromatic heterocycles. The van der Waals surface area contributed by atoms with Crippen molar-refractivity contribution in [1.82, 2.24) is 15.3 Å². The summed E-state index contributed by atoms with van der Waals surface area (Å²) >= 11 is 1.66. The first kappa shape index (κ1) is 12.3. The van der Waals surface area contributed by atoms with Crippen molar-refractivity contribution in [3.05, 3.63) is 17.3 Å². The maximum absolute atomic E-state index is 5.68. The van der Waals surface area contributed by atoms with Crippen molar-refractivity contribution in [3.63, 3.8) is 0 Å². The summed E-state index contributed by atoms with van der Waals surface area (Å²) in [5, 5.41) is 4.32. The van der Waals surface area contributed by atoms with Crippen molar-refractivity contribution in [2.24, 2.45) is 0 Å². The fraction of sp³-hybridized carbons (Fsp3) is 0.500. The molecule has 92 valence electrons. The molecule has 5 heteroatoms. The fourth-order valence-corrected chi connectivity index (χ4v) is 2.40. The number of rotatable bonds is 5. The van der Waals surface area contributed by atoms with Gasteiger partial charge >= 0.3 is 0 Å². The molecule has 1 N–H and O–H groups in total. The van der Waals surface area contributed by atoms with E-state index in [9.17, 15) is 0 Å². The van der Waals surface area contributed by atoms with Gasteiger partial charge in [-0.2, -0.15) is 0 Å². The van der Waals surface area contributed by atoms with Crippen LogP contribution in [0.2, 0.25) is 0 Å². The van der Waals surface area contributed by atoms with Gasteiger partial charge in [0.15, 0.2) is 0 Å². The van der Waals surface area contributed by atoms with E-state index in [1.54, 1.807) is 17.7 Å². The maximum Gasteiger partial charge on any atom is 0.225 e. The third-order valence-electron chi connectivity index (χ3n) is 2.31. The zero-order chi connectivity index (χ0) is 12.3. The second kappa shape index (κ2) is 5.42. The standard InChI is InChI=1S/C12H17N3OS/c1-8(2)13-4-5-16-11-10-6-9(3)17-12(10)15-7-14-11/h6-8,13H,4-5H2,1-3H3. The number of thiophene rings is 1. The topological polar surface area (TPSA) is 47.0 Å². The minimum Gasteiger partial charge on any atom is -0.476 e. The van der Waals surface area contributed by atoms with Gasteiger partial charge in [-0.3, -0.25) is 0 Å². The molecule has 0 spiro atoms. The van der Waals surface area contributed by atoms with E-state index < -0.39 is 0 Å². The summed E-state index contributed by atoms with van der Waals surface area (Å²) < 4.78 is 5.68. The smallest absolute Gasteiger partial charge is 0.225 e. The molecule has 0 unspecified atom stereocenters. The Balaban J connectivity index is 2.03. The van der Waals surface area contributed by atoms with E-state index in [0.29, 0.717) is 18.5 Å². The van der Waals surface area contributed by atoms with Crippen LogP contribution in [-0.4, -0.2) is 29.2 Å². The van der Waals surface area contributed by atoms with Crippen LogP contribution in [0.1, 0.15) is 18.7 Å². The van der Waals surface area contributed by atoms with E-state index in [2.05, 4.69) is 42.1 Å². The molecule has 0 aliphatic carbocycles. The molecule has 0 saturated heterocycles. The van der Waals surface area contributed by atoms with Crippen LogP contribution in [0.25, 0.3) is 10.2 Å². The first-order chi connectivity index (χ1) is 8.16. The molecule has 0 fully saturated rings. The molecule has 0 atom stereocenters. The molecule has 4 nitrogen and oxygen atoms in total. The van der Waals surface area contributed by atoms with Gasteiger partial charge in [0.1, 0.15) is 17.8 Å². The Morgan fingerprint density at radius 2 is 2.24 bits per heavy atom. The largest absolute Gasteiger partial charge is 0.476 e. The Morgan fingerprint density at radius 3 is 3.00 bits per heavy atom. The van der Waals surface area contributed by atoms with E-state index in [1.165, 1.54) is 4.88 Å². The normalized spacial score (nSPS) is 11.3. The molecular formula is C12H17N3OS. The number of hydrogen-bond acceptors (Lipinski definition) is 5. The minimum atomic E-state index is 0.479. The minimum absolute atomic E-state index is 0.479. The molecule has 0 saturated carbocycles. The van der Waals surface area contributed by atoms with Crippen LogP contribution in [0.15, 0.2) is 12.4 Å². The van der Waals surface area contributed by atoms with Gasteiger partial charge < -0.3 is 10.1 Å². The zero-order valence-electron chi connectivity index (χ0n) is 10.4. The van der Waals surface area contributed by atoms with Gasteiger partial charge in [0.05, 0.1) is 5.39 Å². The van der Waals surface area contributed by atoms with Crippen LogP contribution in [-0.2, 0) is 0 Å². The maximum atomic E-state index is 5.68. The van der Waals surface area contributed by atoms with Gasteiger partial charge in [0.2, 0.25) is 5.88 Å². The molecular weight excluding hydrogens is 234 g/mol. The highest BCUT2D eigenvalue weighted by molar-refractivity contribution is 7.18. The van der Waals surface area contributed by atoms with Crippen molar-refractivity contribution in [2.75, 3.05) is 13.2 Å². The van der Waals surface area contributed by atoms with Crippen LogP contribution in [0, 0.1) is 6.92 Å². The Hall–Kier alpha value is -1.20. The average molecular weight is 251 g/mol. The van der Waals surface area contributed by atoms with Gasteiger partial charge in [-0.25, -0.2) is 9.97 Å². The van der Waals surface area contributed by atoms with Crippen molar-refractivity contribution in [3.8, 4) is 5.88 Å². The van der Waals surface area contributed by atoms with Gasteiger partial charge in [0.25, 0.3) is 0 Å². The van der Waals surface area contributed by atoms with E-state index in [0.717, 1.165) is 16.8 Å². The quantitative estimate of drug-likeness (QED) is 0.829. The summed E-state index contributed by atoms with van der Waals surface area (Å²) in [5.41, 5.74) is 0. The van der Waals surface area contributed by atoms with Gasteiger partial charge in [-0.15, -0.1) is 11.3 Å². The third-order valence-corrected chi connectivity index (χ3v) is 3.27. The summed E-state index contributed by atoms with van der Waals surface area (Å²) in [4.78, 5) is 10.6. The predicted molar refractivity (Wildman–Crippen MR) is 70.8 cm³/mol. The van der Waals surface area contributed by atoms with Crippen molar-refractivity contribution in [1.29, 1.82) is 0 Å². The number of nitrogens with one attached hydrogen (secondary N) is 1. The third kappa shape index (κ3) is 3.14. The van der Waals surface area contributed by atoms with Gasteiger partial charge in [-0.05, 0) is 13.0 Å². The first-order valence-corrected chi connectivity index (χ1v) is 6.56. The number of nitrogens with zero attached hydrogens (tertiary/aromatic N) is 2. The van der Waals surface area contributed by atoms with Crippen molar-refractivity contribution < 1.29 is 4.74 Å². The zero-order valence-corrected chi connectivity index (χ0v) is 11.2. The highest BCUT2D eigenvalue weighted by Gasteiger charge is 2.07. The Kier molecular flexibility index (Phi) is 3.91. The highest BCUT2D eigenvalue weighted by atomic mass is 32.1. The highest BCUT2D eigenvalue weighted by Crippen LogP contribution is 2.28. The number of ether oxygens (including phenoxy) is 1. The fourth-order valence-electron chi connectivity index (χ4n) is 1.56. The van der Waals surface area contributed by atoms with Crippen LogP contribution >= 0.6 is 11.3 Å². The molecule has 2 aromatic rings. The molecule has 0 aliphatic heterocycles. The number of aromatic nitrogens is 2. The lowest BCUT2D eigenvalue weighted by atomic mass is 10.3. The summed E-state index contributed by atoms with van der Waals surface area (Å²) in [7, 11) is 0. The number of hydrogen-bond donors (Lipinski definition) is 1. The molecule has 0 radical (unpaired) electrons. The lowest BCUT2D eigenvalue weighted by Gasteiger charge is -2.09. The van der Waals surface area contributed by atoms with E-state index in [1.807, 2.05) is 0 Å². The SMILES string of the molecule is Cc1cc2c(OCCNC(C)C)ncnc2s1. The van der Waals surface area contributed by atoms with Crippen molar-refractivity contribution in [2.45, 2.75) is 26.8 Å². The Labute approximate surface area is 105 Å². The Morgan fingerprint density at radius 1 is 1.41 bits per heavy atom. The second-order valence-corrected chi connectivity index (χ2v) is 5.45. The summed E-state index contributed by atoms with van der Waals surface area (Å²) in [6, 6.07) is 2.55. The van der Waals surface area contributed by atoms with E-state index in [-0.39, 0.29) is 0 Å². The van der Waals surface area contributed by atoms with Gasteiger partial charge in [-0.1, -0.05) is 13.8 Å². The van der Waals surface area contributed by atoms with Crippen LogP contribution < -0.4 is 10.1 Å². The summed E-state index contributed by atoms with van der Waals surface area (Å²) in [6.45, 7) is 7.75. The summed E-state index contributed by atoms with van der Waals surface area (Å²) in [6.07, 6.45) is 1.56. The van der Waals surface area contributed by atoms with E-state index >= 15 is 0 Å². The summed E-state index contributed by atoms with van der Waals surface area (Å²) in [5.74, 6) is 0.685. The molecule has 17 heavy (non-hydrogen) atoms. The van der Waals surface area contributed by atoms with Crippen LogP contribution in [0.5, 0.6) is 5.88 Å². The number of aryl methyl sites for hydroxylation is 1. The molecule has 2 heterocycles. The second-order valence-electron chi connectivity index (χ2n) is 4.21. The predicted octanol–water partition coefficient (Wildman–Crippen LogP) is 2.38.